The Kier molecular flexibility index (Phi) is 4.61. The minimum Gasteiger partial charge on any atom is -0.484 e. The van der Waals surface area contributed by atoms with Gasteiger partial charge in [-0.2, -0.15) is 0 Å². The van der Waals surface area contributed by atoms with E-state index in [0.29, 0.717) is 11.5 Å². The van der Waals surface area contributed by atoms with E-state index in [2.05, 4.69) is 15.5 Å². The second-order valence-electron chi connectivity index (χ2n) is 3.45. The fraction of sp³-hybridized carbons (Fsp3) is 0.778. The van der Waals surface area contributed by atoms with E-state index in [0.717, 1.165) is 18.8 Å². The van der Waals surface area contributed by atoms with E-state index in [9.17, 15) is 0 Å². The summed E-state index contributed by atoms with van der Waals surface area (Å²) in [6.07, 6.45) is 1.56. The summed E-state index contributed by atoms with van der Waals surface area (Å²) in [4.78, 5) is 0. The van der Waals surface area contributed by atoms with Crippen molar-refractivity contribution in [1.82, 2.24) is 20.2 Å². The Hall–Kier alpha value is -1.04. The van der Waals surface area contributed by atoms with Gasteiger partial charge in [-0.25, -0.2) is 4.68 Å². The lowest BCUT2D eigenvalue weighted by Gasteiger charge is -2.09. The van der Waals surface area contributed by atoms with Crippen molar-refractivity contribution in [2.45, 2.75) is 46.3 Å². The summed E-state index contributed by atoms with van der Waals surface area (Å²) in [5, 5.41) is 12.0. The maximum absolute atomic E-state index is 5.38. The molecule has 84 valence electrons. The van der Waals surface area contributed by atoms with Gasteiger partial charge in [-0.05, 0) is 43.4 Å². The molecule has 1 rings (SSSR count). The van der Waals surface area contributed by atoms with Crippen LogP contribution in [0.25, 0.3) is 0 Å². The molecular weight excluding hydrogens is 212 g/mol. The molecule has 0 aromatic carbocycles. The SMILES string of the molecule is CCn1nnnc1CCC(=S)OC(C)C. The van der Waals surface area contributed by atoms with Crippen LogP contribution < -0.4 is 0 Å². The van der Waals surface area contributed by atoms with Crippen LogP contribution in [0.1, 0.15) is 33.0 Å². The molecule has 0 amide bonds. The molecule has 0 saturated heterocycles. The van der Waals surface area contributed by atoms with Crippen LogP contribution in [0.3, 0.4) is 0 Å². The van der Waals surface area contributed by atoms with Crippen LogP contribution in [0.15, 0.2) is 0 Å². The van der Waals surface area contributed by atoms with Crippen LogP contribution in [0, 0.1) is 0 Å². The van der Waals surface area contributed by atoms with Gasteiger partial charge >= 0.3 is 0 Å². The van der Waals surface area contributed by atoms with Crippen LogP contribution >= 0.6 is 12.2 Å². The van der Waals surface area contributed by atoms with Gasteiger partial charge < -0.3 is 4.74 Å². The van der Waals surface area contributed by atoms with Gasteiger partial charge in [-0.3, -0.25) is 0 Å². The molecule has 6 heteroatoms. The number of hydrogen-bond acceptors (Lipinski definition) is 5. The van der Waals surface area contributed by atoms with Crippen LogP contribution in [0.5, 0.6) is 0 Å². The molecule has 0 spiro atoms. The molecule has 0 aliphatic rings. The molecule has 15 heavy (non-hydrogen) atoms. The topological polar surface area (TPSA) is 52.8 Å². The highest BCUT2D eigenvalue weighted by molar-refractivity contribution is 7.80. The van der Waals surface area contributed by atoms with Gasteiger partial charge in [0.2, 0.25) is 0 Å². The van der Waals surface area contributed by atoms with E-state index in [4.69, 9.17) is 17.0 Å². The van der Waals surface area contributed by atoms with Crippen molar-refractivity contribution in [1.29, 1.82) is 0 Å². The van der Waals surface area contributed by atoms with Gasteiger partial charge in [0.1, 0.15) is 0 Å². The van der Waals surface area contributed by atoms with Crippen LogP contribution in [-0.2, 0) is 17.7 Å². The predicted molar refractivity (Wildman–Crippen MR) is 60.6 cm³/mol. The highest BCUT2D eigenvalue weighted by atomic mass is 32.1. The number of hydrogen-bond donors (Lipinski definition) is 0. The van der Waals surface area contributed by atoms with Crippen molar-refractivity contribution in [2.24, 2.45) is 0 Å². The van der Waals surface area contributed by atoms with Gasteiger partial charge in [-0.1, -0.05) is 0 Å². The monoisotopic (exact) mass is 228 g/mol. The number of aromatic nitrogens is 4. The fourth-order valence-corrected chi connectivity index (χ4v) is 1.48. The standard InChI is InChI=1S/C9H16N4OS/c1-4-13-8(10-11-12-13)5-6-9(15)14-7(2)3/h7H,4-6H2,1-3H3. The summed E-state index contributed by atoms with van der Waals surface area (Å²) in [5.41, 5.74) is 0. The lowest BCUT2D eigenvalue weighted by Crippen LogP contribution is -2.12. The molecule has 5 nitrogen and oxygen atoms in total. The highest BCUT2D eigenvalue weighted by Crippen LogP contribution is 2.02. The Morgan fingerprint density at radius 1 is 1.53 bits per heavy atom. The van der Waals surface area contributed by atoms with E-state index in [1.807, 2.05) is 20.8 Å². The largest absolute Gasteiger partial charge is 0.484 e. The third-order valence-electron chi connectivity index (χ3n) is 1.83. The van der Waals surface area contributed by atoms with Crippen molar-refractivity contribution >= 4 is 17.3 Å². The van der Waals surface area contributed by atoms with E-state index in [1.54, 1.807) is 4.68 Å². The third kappa shape index (κ3) is 3.91. The van der Waals surface area contributed by atoms with Gasteiger partial charge in [0.25, 0.3) is 0 Å². The smallest absolute Gasteiger partial charge is 0.160 e. The molecule has 1 aromatic rings. The van der Waals surface area contributed by atoms with Crippen molar-refractivity contribution in [3.8, 4) is 0 Å². The highest BCUT2D eigenvalue weighted by Gasteiger charge is 2.07. The predicted octanol–water partition coefficient (Wildman–Crippen LogP) is 1.38. The van der Waals surface area contributed by atoms with Crippen molar-refractivity contribution < 1.29 is 4.74 Å². The zero-order chi connectivity index (χ0) is 11.3. The number of ether oxygens (including phenoxy) is 1. The molecule has 1 heterocycles. The Bertz CT molecular complexity index is 324. The number of nitrogens with zero attached hydrogens (tertiary/aromatic N) is 4. The van der Waals surface area contributed by atoms with E-state index in [-0.39, 0.29) is 6.10 Å². The molecule has 0 aliphatic carbocycles. The average Bonchev–Trinajstić information content (AvgIpc) is 2.60. The summed E-state index contributed by atoms with van der Waals surface area (Å²) in [5.74, 6) is 0.854. The van der Waals surface area contributed by atoms with Crippen molar-refractivity contribution in [3.05, 3.63) is 5.82 Å². The number of rotatable bonds is 5. The number of tetrazole rings is 1. The Morgan fingerprint density at radius 2 is 2.27 bits per heavy atom. The van der Waals surface area contributed by atoms with E-state index < -0.39 is 0 Å². The minimum atomic E-state index is 0.139. The minimum absolute atomic E-state index is 0.139. The van der Waals surface area contributed by atoms with Gasteiger partial charge in [-0.15, -0.1) is 5.10 Å². The number of thiocarbonyl (C=S) groups is 1. The van der Waals surface area contributed by atoms with Crippen LogP contribution in [0.2, 0.25) is 0 Å². The summed E-state index contributed by atoms with van der Waals surface area (Å²) >= 11 is 5.08. The maximum atomic E-state index is 5.38. The molecule has 0 N–H and O–H groups in total. The van der Waals surface area contributed by atoms with Crippen molar-refractivity contribution in [2.75, 3.05) is 0 Å². The molecule has 0 fully saturated rings. The molecule has 0 bridgehead atoms. The summed E-state index contributed by atoms with van der Waals surface area (Å²) in [6.45, 7) is 6.70. The summed E-state index contributed by atoms with van der Waals surface area (Å²) in [7, 11) is 0. The average molecular weight is 228 g/mol. The zero-order valence-corrected chi connectivity index (χ0v) is 10.1. The van der Waals surface area contributed by atoms with Gasteiger partial charge in [0.15, 0.2) is 10.9 Å². The Morgan fingerprint density at radius 3 is 2.87 bits per heavy atom. The van der Waals surface area contributed by atoms with Gasteiger partial charge in [0, 0.05) is 19.4 Å². The first kappa shape index (κ1) is 12.0. The van der Waals surface area contributed by atoms with Crippen LogP contribution in [-0.4, -0.2) is 31.4 Å². The summed E-state index contributed by atoms with van der Waals surface area (Å²) < 4.78 is 7.14. The molecule has 1 aromatic heterocycles. The number of aryl methyl sites for hydroxylation is 2. The second-order valence-corrected chi connectivity index (χ2v) is 3.90. The summed E-state index contributed by atoms with van der Waals surface area (Å²) in [6, 6.07) is 0. The molecule has 0 unspecified atom stereocenters. The Balaban J connectivity index is 2.40. The third-order valence-corrected chi connectivity index (χ3v) is 2.13. The van der Waals surface area contributed by atoms with E-state index >= 15 is 0 Å². The van der Waals surface area contributed by atoms with Gasteiger partial charge in [0.05, 0.1) is 6.10 Å². The second kappa shape index (κ2) is 5.75. The molecular formula is C9H16N4OS. The van der Waals surface area contributed by atoms with E-state index in [1.165, 1.54) is 0 Å². The molecule has 0 atom stereocenters. The maximum Gasteiger partial charge on any atom is 0.160 e. The normalized spacial score (nSPS) is 10.7. The molecule has 0 saturated carbocycles. The first-order valence-electron chi connectivity index (χ1n) is 5.08. The van der Waals surface area contributed by atoms with Crippen LogP contribution in [0.4, 0.5) is 0 Å². The zero-order valence-electron chi connectivity index (χ0n) is 9.30. The fourth-order valence-electron chi connectivity index (χ4n) is 1.18. The first-order chi connectivity index (χ1) is 7.13. The van der Waals surface area contributed by atoms with Crippen molar-refractivity contribution in [3.63, 3.8) is 0 Å². The quantitative estimate of drug-likeness (QED) is 0.713. The molecule has 0 aliphatic heterocycles. The lowest BCUT2D eigenvalue weighted by molar-refractivity contribution is 0.228. The Labute approximate surface area is 94.8 Å². The lowest BCUT2D eigenvalue weighted by atomic mass is 10.3. The molecule has 0 radical (unpaired) electrons. The first-order valence-corrected chi connectivity index (χ1v) is 5.48.